The van der Waals surface area contributed by atoms with Gasteiger partial charge in [-0.25, -0.2) is 0 Å². The molecule has 0 saturated heterocycles. The second-order valence-electron chi connectivity index (χ2n) is 7.89. The molecule has 7 nitrogen and oxygen atoms in total. The summed E-state index contributed by atoms with van der Waals surface area (Å²) in [5, 5.41) is 4.02. The molecule has 0 saturated carbocycles. The van der Waals surface area contributed by atoms with Crippen molar-refractivity contribution in [3.8, 4) is 22.9 Å². The molecule has 0 aliphatic heterocycles. The van der Waals surface area contributed by atoms with E-state index in [-0.39, 0.29) is 12.5 Å². The lowest BCUT2D eigenvalue weighted by Gasteiger charge is -2.23. The molecule has 0 fully saturated rings. The van der Waals surface area contributed by atoms with Crippen LogP contribution in [0.25, 0.3) is 11.4 Å². The number of benzene rings is 2. The SMILES string of the molecule is COc1cccc(-c2noc(CN(C)C(=O)C(C)Oc3cc(C)ccc3C(C)C)n2)c1. The van der Waals surface area contributed by atoms with Gasteiger partial charge in [0.2, 0.25) is 11.7 Å². The van der Waals surface area contributed by atoms with E-state index in [1.54, 1.807) is 21.1 Å². The van der Waals surface area contributed by atoms with Crippen LogP contribution in [0.3, 0.4) is 0 Å². The van der Waals surface area contributed by atoms with E-state index in [0.717, 1.165) is 22.4 Å². The van der Waals surface area contributed by atoms with Crippen molar-refractivity contribution in [2.75, 3.05) is 14.2 Å². The van der Waals surface area contributed by atoms with Gasteiger partial charge >= 0.3 is 0 Å². The van der Waals surface area contributed by atoms with E-state index in [1.165, 1.54) is 4.90 Å². The molecular formula is C24H29N3O4. The zero-order valence-electron chi connectivity index (χ0n) is 18.9. The molecule has 3 rings (SSSR count). The van der Waals surface area contributed by atoms with Crippen LogP contribution in [0, 0.1) is 6.92 Å². The highest BCUT2D eigenvalue weighted by molar-refractivity contribution is 5.80. The van der Waals surface area contributed by atoms with E-state index in [9.17, 15) is 4.79 Å². The summed E-state index contributed by atoms with van der Waals surface area (Å²) < 4.78 is 16.6. The Morgan fingerprint density at radius 1 is 1.16 bits per heavy atom. The molecule has 0 spiro atoms. The molecule has 0 radical (unpaired) electrons. The van der Waals surface area contributed by atoms with Crippen molar-refractivity contribution in [1.82, 2.24) is 15.0 Å². The lowest BCUT2D eigenvalue weighted by Crippen LogP contribution is -2.37. The third-order valence-corrected chi connectivity index (χ3v) is 4.99. The molecule has 0 bridgehead atoms. The van der Waals surface area contributed by atoms with Crippen LogP contribution >= 0.6 is 0 Å². The summed E-state index contributed by atoms with van der Waals surface area (Å²) in [6.07, 6.45) is -0.648. The largest absolute Gasteiger partial charge is 0.497 e. The van der Waals surface area contributed by atoms with Gasteiger partial charge in [-0.1, -0.05) is 43.3 Å². The number of carbonyl (C=O) groups excluding carboxylic acids is 1. The normalized spacial score (nSPS) is 12.0. The number of hydrogen-bond donors (Lipinski definition) is 0. The number of likely N-dealkylation sites (N-methyl/N-ethyl adjacent to an activating group) is 1. The van der Waals surface area contributed by atoms with Gasteiger partial charge in [-0.15, -0.1) is 0 Å². The maximum atomic E-state index is 12.9. The molecule has 1 unspecified atom stereocenters. The van der Waals surface area contributed by atoms with Crippen molar-refractivity contribution < 1.29 is 18.8 Å². The number of carbonyl (C=O) groups is 1. The molecule has 1 amide bonds. The van der Waals surface area contributed by atoms with E-state index >= 15 is 0 Å². The summed E-state index contributed by atoms with van der Waals surface area (Å²) in [7, 11) is 3.29. The number of ether oxygens (including phenoxy) is 2. The molecular weight excluding hydrogens is 394 g/mol. The lowest BCUT2D eigenvalue weighted by atomic mass is 10.0. The molecule has 31 heavy (non-hydrogen) atoms. The Balaban J connectivity index is 1.67. The quantitative estimate of drug-likeness (QED) is 0.527. The fourth-order valence-electron chi connectivity index (χ4n) is 3.25. The van der Waals surface area contributed by atoms with E-state index in [0.29, 0.717) is 23.4 Å². The van der Waals surface area contributed by atoms with Crippen LogP contribution in [-0.4, -0.2) is 41.2 Å². The Hall–Kier alpha value is -3.35. The summed E-state index contributed by atoms with van der Waals surface area (Å²) in [5.41, 5.74) is 2.94. The number of methoxy groups -OCH3 is 1. The van der Waals surface area contributed by atoms with Crippen LogP contribution in [-0.2, 0) is 11.3 Å². The topological polar surface area (TPSA) is 77.7 Å². The summed E-state index contributed by atoms with van der Waals surface area (Å²) in [5.74, 6) is 2.36. The lowest BCUT2D eigenvalue weighted by molar-refractivity contribution is -0.137. The maximum absolute atomic E-state index is 12.9. The molecule has 1 aromatic heterocycles. The Bertz CT molecular complexity index is 1040. The summed E-state index contributed by atoms with van der Waals surface area (Å²) >= 11 is 0. The highest BCUT2D eigenvalue weighted by atomic mass is 16.5. The zero-order valence-corrected chi connectivity index (χ0v) is 18.9. The number of rotatable bonds is 8. The molecule has 1 atom stereocenters. The standard InChI is InChI=1S/C24H29N3O4/c1-15(2)20-11-10-16(3)12-21(20)30-17(4)24(28)27(5)14-22-25-23(26-31-22)18-8-7-9-19(13-18)29-6/h7-13,15,17H,14H2,1-6H3. The molecule has 1 heterocycles. The first-order valence-corrected chi connectivity index (χ1v) is 10.3. The zero-order chi connectivity index (χ0) is 22.5. The van der Waals surface area contributed by atoms with Gasteiger partial charge in [0, 0.05) is 12.6 Å². The Morgan fingerprint density at radius 3 is 2.65 bits per heavy atom. The molecule has 0 aliphatic rings. The molecule has 0 aliphatic carbocycles. The van der Waals surface area contributed by atoms with Crippen LogP contribution < -0.4 is 9.47 Å². The van der Waals surface area contributed by atoms with Gasteiger partial charge in [0.1, 0.15) is 11.5 Å². The fraction of sp³-hybridized carbons (Fsp3) is 0.375. The van der Waals surface area contributed by atoms with Gasteiger partial charge in [0.05, 0.1) is 13.7 Å². The first kappa shape index (κ1) is 22.3. The highest BCUT2D eigenvalue weighted by Crippen LogP contribution is 2.28. The summed E-state index contributed by atoms with van der Waals surface area (Å²) in [4.78, 5) is 18.8. The second-order valence-corrected chi connectivity index (χ2v) is 7.89. The third-order valence-electron chi connectivity index (χ3n) is 4.99. The Morgan fingerprint density at radius 2 is 1.94 bits per heavy atom. The number of hydrogen-bond acceptors (Lipinski definition) is 6. The van der Waals surface area contributed by atoms with Crippen LogP contribution in [0.5, 0.6) is 11.5 Å². The van der Waals surface area contributed by atoms with Crippen molar-refractivity contribution in [1.29, 1.82) is 0 Å². The van der Waals surface area contributed by atoms with E-state index in [1.807, 2.05) is 37.3 Å². The average molecular weight is 424 g/mol. The Kier molecular flexibility index (Phi) is 6.95. The van der Waals surface area contributed by atoms with Gasteiger partial charge in [-0.05, 0) is 49.1 Å². The second kappa shape index (κ2) is 9.64. The van der Waals surface area contributed by atoms with Crippen LogP contribution in [0.1, 0.15) is 43.7 Å². The molecule has 3 aromatic rings. The third kappa shape index (κ3) is 5.42. The van der Waals surface area contributed by atoms with Gasteiger partial charge in [0.15, 0.2) is 6.10 Å². The number of aromatic nitrogens is 2. The highest BCUT2D eigenvalue weighted by Gasteiger charge is 2.23. The summed E-state index contributed by atoms with van der Waals surface area (Å²) in [6.45, 7) is 8.15. The van der Waals surface area contributed by atoms with Crippen LogP contribution in [0.4, 0.5) is 0 Å². The number of aryl methyl sites for hydroxylation is 1. The molecule has 7 heteroatoms. The van der Waals surface area contributed by atoms with Crippen molar-refractivity contribution in [2.45, 2.75) is 46.3 Å². The van der Waals surface area contributed by atoms with Crippen molar-refractivity contribution in [3.05, 3.63) is 59.5 Å². The average Bonchev–Trinajstić information content (AvgIpc) is 3.21. The smallest absolute Gasteiger partial charge is 0.263 e. The number of amides is 1. The first-order chi connectivity index (χ1) is 14.8. The van der Waals surface area contributed by atoms with Crippen molar-refractivity contribution in [2.24, 2.45) is 0 Å². The minimum absolute atomic E-state index is 0.169. The van der Waals surface area contributed by atoms with E-state index in [2.05, 4.69) is 36.1 Å². The van der Waals surface area contributed by atoms with E-state index in [4.69, 9.17) is 14.0 Å². The minimum Gasteiger partial charge on any atom is -0.497 e. The Labute approximate surface area is 183 Å². The van der Waals surface area contributed by atoms with Crippen LogP contribution in [0.2, 0.25) is 0 Å². The molecule has 0 N–H and O–H groups in total. The molecule has 2 aromatic carbocycles. The van der Waals surface area contributed by atoms with Crippen molar-refractivity contribution in [3.63, 3.8) is 0 Å². The maximum Gasteiger partial charge on any atom is 0.263 e. The minimum atomic E-state index is -0.648. The fourth-order valence-corrected chi connectivity index (χ4v) is 3.25. The monoisotopic (exact) mass is 423 g/mol. The predicted molar refractivity (Wildman–Crippen MR) is 118 cm³/mol. The van der Waals surface area contributed by atoms with Gasteiger partial charge in [-0.2, -0.15) is 4.98 Å². The van der Waals surface area contributed by atoms with Crippen molar-refractivity contribution >= 4 is 5.91 Å². The van der Waals surface area contributed by atoms with Gasteiger partial charge in [-0.3, -0.25) is 4.79 Å². The number of nitrogens with zero attached hydrogens (tertiary/aromatic N) is 3. The molecule has 164 valence electrons. The van der Waals surface area contributed by atoms with E-state index < -0.39 is 6.10 Å². The van der Waals surface area contributed by atoms with Gasteiger partial charge in [0.25, 0.3) is 5.91 Å². The van der Waals surface area contributed by atoms with Crippen LogP contribution in [0.15, 0.2) is 47.0 Å². The first-order valence-electron chi connectivity index (χ1n) is 10.3. The van der Waals surface area contributed by atoms with Gasteiger partial charge < -0.3 is 18.9 Å². The summed E-state index contributed by atoms with van der Waals surface area (Å²) in [6, 6.07) is 13.5. The predicted octanol–water partition coefficient (Wildman–Crippen LogP) is 4.60.